The van der Waals surface area contributed by atoms with Crippen molar-refractivity contribution >= 4 is 5.97 Å². The highest BCUT2D eigenvalue weighted by Crippen LogP contribution is 2.73. The van der Waals surface area contributed by atoms with Gasteiger partial charge in [-0.1, -0.05) is 52.0 Å². The summed E-state index contributed by atoms with van der Waals surface area (Å²) >= 11 is 0. The van der Waals surface area contributed by atoms with Gasteiger partial charge in [0.1, 0.15) is 0 Å². The van der Waals surface area contributed by atoms with Gasteiger partial charge in [0.2, 0.25) is 0 Å². The number of rotatable bonds is 4. The van der Waals surface area contributed by atoms with Crippen LogP contribution < -0.4 is 5.73 Å². The van der Waals surface area contributed by atoms with Crippen molar-refractivity contribution in [1.29, 1.82) is 0 Å². The molecule has 7 rings (SSSR count). The van der Waals surface area contributed by atoms with Crippen molar-refractivity contribution in [1.82, 2.24) is 0 Å². The van der Waals surface area contributed by atoms with E-state index in [0.29, 0.717) is 41.1 Å². The van der Waals surface area contributed by atoms with E-state index in [1.54, 1.807) is 11.1 Å². The summed E-state index contributed by atoms with van der Waals surface area (Å²) in [6, 6.07) is 0. The Labute approximate surface area is 243 Å². The molecule has 0 radical (unpaired) electrons. The summed E-state index contributed by atoms with van der Waals surface area (Å²) < 4.78 is 5.36. The van der Waals surface area contributed by atoms with E-state index in [9.17, 15) is 4.79 Å². The van der Waals surface area contributed by atoms with Crippen molar-refractivity contribution in [2.24, 2.45) is 75.2 Å². The maximum Gasteiger partial charge on any atom is 0.309 e. The van der Waals surface area contributed by atoms with Crippen molar-refractivity contribution in [2.75, 3.05) is 6.61 Å². The second-order valence-electron chi connectivity index (χ2n) is 16.8. The first-order chi connectivity index (χ1) is 18.9. The summed E-state index contributed by atoms with van der Waals surface area (Å²) in [6.45, 7) is 19.7. The lowest BCUT2D eigenvalue weighted by Crippen LogP contribution is -2.63. The zero-order valence-electron chi connectivity index (χ0n) is 26.2. The Morgan fingerprint density at radius 3 is 2.42 bits per heavy atom. The highest BCUT2D eigenvalue weighted by Gasteiger charge is 2.66. The van der Waals surface area contributed by atoms with Crippen LogP contribution in [0.5, 0.6) is 0 Å². The Balaban J connectivity index is 1.15. The molecule has 7 aliphatic rings. The molecule has 3 heteroatoms. The van der Waals surface area contributed by atoms with Crippen molar-refractivity contribution in [3.63, 3.8) is 0 Å². The maximum atomic E-state index is 12.4. The summed E-state index contributed by atoms with van der Waals surface area (Å²) in [5, 5.41) is 0. The molecule has 11 unspecified atom stereocenters. The molecule has 5 fully saturated rings. The average Bonchev–Trinajstić information content (AvgIpc) is 3.19. The highest BCUT2D eigenvalue weighted by atomic mass is 16.5. The Hall–Kier alpha value is -1.35. The molecule has 220 valence electrons. The van der Waals surface area contributed by atoms with Crippen molar-refractivity contribution in [3.05, 3.63) is 35.5 Å². The molecule has 0 amide bonds. The average molecular weight is 546 g/mol. The molecular weight excluding hydrogens is 490 g/mol. The first-order valence-corrected chi connectivity index (χ1v) is 16.9. The minimum Gasteiger partial charge on any atom is -0.466 e. The molecule has 0 aromatic rings. The summed E-state index contributed by atoms with van der Waals surface area (Å²) in [5.74, 6) is 5.48. The molecule has 40 heavy (non-hydrogen) atoms. The van der Waals surface area contributed by atoms with Crippen molar-refractivity contribution in [2.45, 2.75) is 111 Å². The van der Waals surface area contributed by atoms with Crippen LogP contribution in [0, 0.1) is 69.5 Å². The highest BCUT2D eigenvalue weighted by molar-refractivity contribution is 5.78. The van der Waals surface area contributed by atoms with Gasteiger partial charge in [0, 0.05) is 5.54 Å². The zero-order valence-corrected chi connectivity index (χ0v) is 26.2. The fourth-order valence-corrected chi connectivity index (χ4v) is 13.2. The van der Waals surface area contributed by atoms with Gasteiger partial charge >= 0.3 is 5.97 Å². The van der Waals surface area contributed by atoms with Gasteiger partial charge in [-0.15, -0.1) is 0 Å². The Bertz CT molecular complexity index is 1180. The summed E-state index contributed by atoms with van der Waals surface area (Å²) in [5.41, 5.74) is 12.8. The quantitative estimate of drug-likeness (QED) is 0.286. The van der Waals surface area contributed by atoms with Crippen LogP contribution in [0.4, 0.5) is 0 Å². The predicted octanol–water partition coefficient (Wildman–Crippen LogP) is 8.26. The van der Waals surface area contributed by atoms with Crippen molar-refractivity contribution in [3.8, 4) is 0 Å². The fourth-order valence-electron chi connectivity index (χ4n) is 13.2. The number of hydrogen-bond donors (Lipinski definition) is 1. The summed E-state index contributed by atoms with van der Waals surface area (Å²) in [4.78, 5) is 12.4. The second-order valence-corrected chi connectivity index (χ2v) is 16.8. The number of esters is 1. The first-order valence-electron chi connectivity index (χ1n) is 16.9. The molecule has 12 atom stereocenters. The van der Waals surface area contributed by atoms with Crippen LogP contribution in [-0.2, 0) is 9.53 Å². The smallest absolute Gasteiger partial charge is 0.309 e. The van der Waals surface area contributed by atoms with Crippen LogP contribution in [-0.4, -0.2) is 18.1 Å². The topological polar surface area (TPSA) is 52.3 Å². The van der Waals surface area contributed by atoms with Crippen LogP contribution in [0.15, 0.2) is 35.5 Å². The predicted molar refractivity (Wildman–Crippen MR) is 162 cm³/mol. The van der Waals surface area contributed by atoms with E-state index in [-0.39, 0.29) is 22.8 Å². The van der Waals surface area contributed by atoms with E-state index >= 15 is 0 Å². The molecule has 3 nitrogen and oxygen atoms in total. The lowest BCUT2D eigenvalue weighted by atomic mass is 9.36. The molecule has 0 saturated heterocycles. The first kappa shape index (κ1) is 27.5. The molecule has 0 aliphatic heterocycles. The molecule has 0 bridgehead atoms. The van der Waals surface area contributed by atoms with Crippen molar-refractivity contribution < 1.29 is 9.53 Å². The van der Waals surface area contributed by atoms with Gasteiger partial charge in [0.25, 0.3) is 0 Å². The van der Waals surface area contributed by atoms with Gasteiger partial charge in [-0.25, -0.2) is 0 Å². The van der Waals surface area contributed by atoms with Crippen LogP contribution in [0.1, 0.15) is 106 Å². The third kappa shape index (κ3) is 3.54. The Morgan fingerprint density at radius 2 is 1.75 bits per heavy atom. The molecule has 2 N–H and O–H groups in total. The number of allylic oxidation sites excluding steroid dienone is 5. The number of ether oxygens (including phenoxy) is 1. The van der Waals surface area contributed by atoms with Crippen LogP contribution in [0.25, 0.3) is 0 Å². The van der Waals surface area contributed by atoms with Gasteiger partial charge in [-0.2, -0.15) is 0 Å². The summed E-state index contributed by atoms with van der Waals surface area (Å²) in [7, 11) is 0. The number of hydrogen-bond acceptors (Lipinski definition) is 3. The minimum atomic E-state index is 0.0289. The number of carbonyl (C=O) groups excluding carboxylic acids is 1. The zero-order chi connectivity index (χ0) is 28.4. The normalized spacial score (nSPS) is 51.7. The second kappa shape index (κ2) is 8.84. The van der Waals surface area contributed by atoms with Crippen LogP contribution >= 0.6 is 0 Å². The fraction of sp³-hybridized carbons (Fsp3) is 0.811. The Kier molecular flexibility index (Phi) is 6.07. The van der Waals surface area contributed by atoms with E-state index in [0.717, 1.165) is 30.1 Å². The molecule has 7 aliphatic carbocycles. The standard InChI is InChI=1S/C37H55NO2/c1-8-40-33(39)31-25-19-22(20-26(25)31)27-12-15-36(7)29(34(27,4)5)14-16-35(6)28-13-18-37(38)17-11-23(21(2)3)32(37)24(28)9-10-30(35)36/h12,19,23-26,28-32H,2,8-11,13-18,20,38H2,1,3-7H3/t23-,24?,25?,26?,28?,29?,30?,31?,32?,35?,36?,37?/m0/s1. The van der Waals surface area contributed by atoms with Gasteiger partial charge < -0.3 is 10.5 Å². The van der Waals surface area contributed by atoms with Gasteiger partial charge in [-0.05, 0) is 153 Å². The van der Waals surface area contributed by atoms with E-state index < -0.39 is 0 Å². The third-order valence-corrected chi connectivity index (χ3v) is 14.8. The molecule has 0 spiro atoms. The van der Waals surface area contributed by atoms with Crippen LogP contribution in [0.3, 0.4) is 0 Å². The molecule has 0 heterocycles. The largest absolute Gasteiger partial charge is 0.466 e. The SMILES string of the molecule is C=C(C)[C@@H]1CCC2(N)CCC3C(CCC4C3(C)CCC3C(C)(C)C(C5=CC6C(C5)C6C(=O)OCC)=CCC34C)C12. The minimum absolute atomic E-state index is 0.0289. The van der Waals surface area contributed by atoms with E-state index in [2.05, 4.69) is 53.3 Å². The van der Waals surface area contributed by atoms with E-state index in [4.69, 9.17) is 10.5 Å². The number of carbonyl (C=O) groups is 1. The lowest BCUT2D eigenvalue weighted by molar-refractivity contribution is -0.175. The van der Waals surface area contributed by atoms with E-state index in [1.807, 2.05) is 6.92 Å². The summed E-state index contributed by atoms with van der Waals surface area (Å²) in [6.07, 6.45) is 18.0. The molecule has 0 aromatic carbocycles. The lowest BCUT2D eigenvalue weighted by Gasteiger charge is -2.68. The maximum absolute atomic E-state index is 12.4. The third-order valence-electron chi connectivity index (χ3n) is 14.8. The monoisotopic (exact) mass is 545 g/mol. The number of nitrogens with two attached hydrogens (primary N) is 1. The molecule has 5 saturated carbocycles. The van der Waals surface area contributed by atoms with Gasteiger partial charge in [-0.3, -0.25) is 4.79 Å². The van der Waals surface area contributed by atoms with Gasteiger partial charge in [0.05, 0.1) is 12.5 Å². The van der Waals surface area contributed by atoms with Crippen LogP contribution in [0.2, 0.25) is 0 Å². The number of fused-ring (bicyclic) bond motifs is 8. The van der Waals surface area contributed by atoms with E-state index in [1.165, 1.54) is 63.4 Å². The molecule has 0 aromatic heterocycles. The molecular formula is C37H55NO2. The van der Waals surface area contributed by atoms with Gasteiger partial charge in [0.15, 0.2) is 0 Å². The Morgan fingerprint density at radius 1 is 1.00 bits per heavy atom.